The molecule has 0 bridgehead atoms. The largest absolute Gasteiger partial charge is 0.240 e. The topological polar surface area (TPSA) is 12.9 Å². The summed E-state index contributed by atoms with van der Waals surface area (Å²) in [7, 11) is 0. The summed E-state index contributed by atoms with van der Waals surface area (Å²) in [5, 5.41) is 0.671. The number of halogens is 1. The molecule has 2 unspecified atom stereocenters. The highest BCUT2D eigenvalue weighted by Gasteiger charge is 2.23. The minimum atomic E-state index is 0.569. The second-order valence-corrected chi connectivity index (χ2v) is 4.81. The minimum Gasteiger partial charge on any atom is -0.240 e. The monoisotopic (exact) mass is 209 g/mol. The Morgan fingerprint density at radius 1 is 1.29 bits per heavy atom. The van der Waals surface area contributed by atoms with E-state index in [0.717, 1.165) is 5.56 Å². The van der Waals surface area contributed by atoms with Crippen LogP contribution in [0.3, 0.4) is 0 Å². The summed E-state index contributed by atoms with van der Waals surface area (Å²) in [6, 6.07) is 2.21. The van der Waals surface area contributed by atoms with Gasteiger partial charge in [-0.15, -0.1) is 0 Å². The molecule has 0 amide bonds. The lowest BCUT2D eigenvalue weighted by molar-refractivity contribution is 0.514. The van der Waals surface area contributed by atoms with E-state index >= 15 is 0 Å². The SMILES string of the molecule is Cc1cc2c(nc1Cl)C(C)CCC2C. The van der Waals surface area contributed by atoms with Gasteiger partial charge in [-0.2, -0.15) is 0 Å². The maximum Gasteiger partial charge on any atom is 0.132 e. The van der Waals surface area contributed by atoms with Crippen molar-refractivity contribution in [3.8, 4) is 0 Å². The van der Waals surface area contributed by atoms with Crippen LogP contribution in [0.25, 0.3) is 0 Å². The third-order valence-corrected chi connectivity index (χ3v) is 3.62. The predicted octanol–water partition coefficient (Wildman–Crippen LogP) is 4.04. The Balaban J connectivity index is 2.56. The lowest BCUT2D eigenvalue weighted by Crippen LogP contribution is -2.13. The molecule has 1 aliphatic carbocycles. The predicted molar refractivity (Wildman–Crippen MR) is 60.0 cm³/mol. The molecule has 0 fully saturated rings. The fourth-order valence-electron chi connectivity index (χ4n) is 2.21. The molecule has 1 heterocycles. The highest BCUT2D eigenvalue weighted by molar-refractivity contribution is 6.30. The van der Waals surface area contributed by atoms with Gasteiger partial charge in [0.15, 0.2) is 0 Å². The zero-order chi connectivity index (χ0) is 10.3. The summed E-state index contributed by atoms with van der Waals surface area (Å²) < 4.78 is 0. The van der Waals surface area contributed by atoms with E-state index in [1.165, 1.54) is 24.1 Å². The second kappa shape index (κ2) is 3.54. The second-order valence-electron chi connectivity index (χ2n) is 4.45. The van der Waals surface area contributed by atoms with Crippen LogP contribution in [0.15, 0.2) is 6.07 Å². The third kappa shape index (κ3) is 1.54. The van der Waals surface area contributed by atoms with Crippen LogP contribution in [0.2, 0.25) is 5.15 Å². The van der Waals surface area contributed by atoms with Gasteiger partial charge in [-0.05, 0) is 42.7 Å². The smallest absolute Gasteiger partial charge is 0.132 e. The van der Waals surface area contributed by atoms with Crippen molar-refractivity contribution in [2.24, 2.45) is 0 Å². The van der Waals surface area contributed by atoms with Crippen LogP contribution < -0.4 is 0 Å². The van der Waals surface area contributed by atoms with Gasteiger partial charge in [0.1, 0.15) is 5.15 Å². The van der Waals surface area contributed by atoms with Crippen molar-refractivity contribution >= 4 is 11.6 Å². The van der Waals surface area contributed by atoms with Gasteiger partial charge in [0.05, 0.1) is 0 Å². The van der Waals surface area contributed by atoms with Crippen molar-refractivity contribution in [2.45, 2.75) is 45.4 Å². The Hall–Kier alpha value is -0.560. The first kappa shape index (κ1) is 9.97. The van der Waals surface area contributed by atoms with Crippen LogP contribution in [-0.2, 0) is 0 Å². The van der Waals surface area contributed by atoms with Gasteiger partial charge < -0.3 is 0 Å². The average molecular weight is 210 g/mol. The maximum absolute atomic E-state index is 6.05. The summed E-state index contributed by atoms with van der Waals surface area (Å²) in [5.41, 5.74) is 3.73. The molecule has 1 aliphatic rings. The van der Waals surface area contributed by atoms with Gasteiger partial charge in [0.25, 0.3) is 0 Å². The van der Waals surface area contributed by atoms with Crippen LogP contribution in [0, 0.1) is 6.92 Å². The summed E-state index contributed by atoms with van der Waals surface area (Å²) in [6.45, 7) is 6.55. The summed E-state index contributed by atoms with van der Waals surface area (Å²) in [6.07, 6.45) is 2.51. The highest BCUT2D eigenvalue weighted by atomic mass is 35.5. The lowest BCUT2D eigenvalue weighted by atomic mass is 9.81. The first-order valence-electron chi connectivity index (χ1n) is 5.26. The lowest BCUT2D eigenvalue weighted by Gasteiger charge is -2.27. The van der Waals surface area contributed by atoms with Gasteiger partial charge in [0, 0.05) is 5.69 Å². The minimum absolute atomic E-state index is 0.569. The van der Waals surface area contributed by atoms with Crippen LogP contribution in [0.4, 0.5) is 0 Å². The summed E-state index contributed by atoms with van der Waals surface area (Å²) in [5.74, 6) is 1.21. The van der Waals surface area contributed by atoms with Gasteiger partial charge in [0.2, 0.25) is 0 Å². The van der Waals surface area contributed by atoms with E-state index in [2.05, 4.69) is 24.9 Å². The van der Waals surface area contributed by atoms with Gasteiger partial charge in [-0.1, -0.05) is 31.5 Å². The van der Waals surface area contributed by atoms with Gasteiger partial charge >= 0.3 is 0 Å². The molecule has 0 spiro atoms. The normalized spacial score (nSPS) is 26.0. The van der Waals surface area contributed by atoms with E-state index in [0.29, 0.717) is 17.0 Å². The van der Waals surface area contributed by atoms with E-state index in [9.17, 15) is 0 Å². The number of nitrogens with zero attached hydrogens (tertiary/aromatic N) is 1. The van der Waals surface area contributed by atoms with Crippen LogP contribution in [0.1, 0.15) is 55.3 Å². The zero-order valence-electron chi connectivity index (χ0n) is 8.97. The van der Waals surface area contributed by atoms with E-state index in [1.807, 2.05) is 6.92 Å². The average Bonchev–Trinajstić information content (AvgIpc) is 2.15. The molecule has 1 nitrogen and oxygen atoms in total. The van der Waals surface area contributed by atoms with Crippen LogP contribution in [-0.4, -0.2) is 4.98 Å². The molecule has 1 aromatic heterocycles. The standard InChI is InChI=1S/C12H16ClN/c1-7-4-5-8(2)11-10(7)6-9(3)12(13)14-11/h6-8H,4-5H2,1-3H3. The molecule has 14 heavy (non-hydrogen) atoms. The molecule has 0 N–H and O–H groups in total. The molecule has 0 saturated heterocycles. The fraction of sp³-hybridized carbons (Fsp3) is 0.583. The molecular formula is C12H16ClN. The number of aromatic nitrogens is 1. The Morgan fingerprint density at radius 2 is 1.93 bits per heavy atom. The quantitative estimate of drug-likeness (QED) is 0.588. The fourth-order valence-corrected chi connectivity index (χ4v) is 2.35. The molecule has 0 radical (unpaired) electrons. The molecule has 0 aliphatic heterocycles. The first-order valence-corrected chi connectivity index (χ1v) is 5.64. The third-order valence-electron chi connectivity index (χ3n) is 3.24. The van der Waals surface area contributed by atoms with Crippen molar-refractivity contribution in [1.29, 1.82) is 0 Å². The van der Waals surface area contributed by atoms with Crippen molar-refractivity contribution < 1.29 is 0 Å². The molecule has 76 valence electrons. The number of pyridine rings is 1. The van der Waals surface area contributed by atoms with Crippen molar-refractivity contribution in [1.82, 2.24) is 4.98 Å². The van der Waals surface area contributed by atoms with Crippen LogP contribution >= 0.6 is 11.6 Å². The maximum atomic E-state index is 6.05. The Bertz CT molecular complexity index is 325. The van der Waals surface area contributed by atoms with Crippen molar-refractivity contribution in [3.63, 3.8) is 0 Å². The highest BCUT2D eigenvalue weighted by Crippen LogP contribution is 2.38. The van der Waals surface area contributed by atoms with Gasteiger partial charge in [-0.25, -0.2) is 4.98 Å². The number of hydrogen-bond acceptors (Lipinski definition) is 1. The van der Waals surface area contributed by atoms with Gasteiger partial charge in [-0.3, -0.25) is 0 Å². The van der Waals surface area contributed by atoms with Crippen molar-refractivity contribution in [2.75, 3.05) is 0 Å². The molecule has 2 atom stereocenters. The number of fused-ring (bicyclic) bond motifs is 1. The molecular weight excluding hydrogens is 194 g/mol. The molecule has 2 rings (SSSR count). The first-order chi connectivity index (χ1) is 6.59. The van der Waals surface area contributed by atoms with Crippen LogP contribution in [0.5, 0.6) is 0 Å². The molecule has 2 heteroatoms. The number of hydrogen-bond donors (Lipinski definition) is 0. The zero-order valence-corrected chi connectivity index (χ0v) is 9.73. The Labute approximate surface area is 90.5 Å². The van der Waals surface area contributed by atoms with E-state index in [1.54, 1.807) is 0 Å². The summed E-state index contributed by atoms with van der Waals surface area (Å²) >= 11 is 6.05. The number of aryl methyl sites for hydroxylation is 1. The molecule has 0 aromatic carbocycles. The van der Waals surface area contributed by atoms with E-state index < -0.39 is 0 Å². The molecule has 1 aromatic rings. The Kier molecular flexibility index (Phi) is 2.52. The molecule has 0 saturated carbocycles. The van der Waals surface area contributed by atoms with Crippen molar-refractivity contribution in [3.05, 3.63) is 28.0 Å². The Morgan fingerprint density at radius 3 is 2.64 bits per heavy atom. The van der Waals surface area contributed by atoms with E-state index in [4.69, 9.17) is 11.6 Å². The summed E-state index contributed by atoms with van der Waals surface area (Å²) in [4.78, 5) is 4.51. The number of rotatable bonds is 0. The van der Waals surface area contributed by atoms with E-state index in [-0.39, 0.29) is 0 Å².